The fraction of sp³-hybridized carbons (Fsp3) is 0.308. The summed E-state index contributed by atoms with van der Waals surface area (Å²) in [6.45, 7) is 5.73. The van der Waals surface area contributed by atoms with Gasteiger partial charge in [0, 0.05) is 5.69 Å². The number of ketones is 1. The Morgan fingerprint density at radius 3 is 2.79 bits per heavy atom. The highest BCUT2D eigenvalue weighted by molar-refractivity contribution is 8.01. The molecule has 2 rings (SSSR count). The van der Waals surface area contributed by atoms with Crippen molar-refractivity contribution >= 4 is 39.7 Å². The zero-order chi connectivity index (χ0) is 13.8. The molecule has 0 radical (unpaired) electrons. The van der Waals surface area contributed by atoms with E-state index in [1.54, 1.807) is 6.92 Å². The molecular weight excluding hydrogens is 278 g/mol. The van der Waals surface area contributed by atoms with Gasteiger partial charge in [-0.25, -0.2) is 0 Å². The maximum Gasteiger partial charge on any atom is 0.210 e. The molecule has 19 heavy (non-hydrogen) atoms. The number of Topliss-reactive ketones (excluding diaryl/α,β-unsaturated/α-hetero) is 1. The Labute approximate surface area is 120 Å². The van der Waals surface area contributed by atoms with Crippen LogP contribution in [-0.2, 0) is 4.79 Å². The summed E-state index contributed by atoms with van der Waals surface area (Å²) in [7, 11) is 0. The summed E-state index contributed by atoms with van der Waals surface area (Å²) in [4.78, 5) is 10.9. The number of anilines is 2. The molecule has 1 N–H and O–H groups in total. The average molecular weight is 293 g/mol. The van der Waals surface area contributed by atoms with Gasteiger partial charge in [-0.05, 0) is 44.0 Å². The highest BCUT2D eigenvalue weighted by atomic mass is 32.2. The zero-order valence-electron chi connectivity index (χ0n) is 11.1. The van der Waals surface area contributed by atoms with Gasteiger partial charge in [0.15, 0.2) is 4.34 Å². The van der Waals surface area contributed by atoms with Gasteiger partial charge in [-0.1, -0.05) is 29.2 Å². The van der Waals surface area contributed by atoms with Crippen LogP contribution in [0.5, 0.6) is 0 Å². The summed E-state index contributed by atoms with van der Waals surface area (Å²) in [6.07, 6.45) is 0. The third-order valence-electron chi connectivity index (χ3n) is 2.56. The van der Waals surface area contributed by atoms with Crippen LogP contribution in [0.15, 0.2) is 22.5 Å². The monoisotopic (exact) mass is 293 g/mol. The number of nitrogens with one attached hydrogen (secondary N) is 1. The number of rotatable bonds is 5. The molecule has 0 amide bonds. The lowest BCUT2D eigenvalue weighted by Crippen LogP contribution is -1.92. The second kappa shape index (κ2) is 6.16. The molecule has 0 bridgehead atoms. The van der Waals surface area contributed by atoms with E-state index in [-0.39, 0.29) is 5.78 Å². The van der Waals surface area contributed by atoms with Crippen LogP contribution in [0.2, 0.25) is 0 Å². The molecule has 100 valence electrons. The summed E-state index contributed by atoms with van der Waals surface area (Å²) >= 11 is 2.88. The van der Waals surface area contributed by atoms with E-state index >= 15 is 0 Å². The summed E-state index contributed by atoms with van der Waals surface area (Å²) in [5.74, 6) is 0.585. The summed E-state index contributed by atoms with van der Waals surface area (Å²) in [6, 6.07) is 6.18. The van der Waals surface area contributed by atoms with Crippen molar-refractivity contribution in [2.75, 3.05) is 11.1 Å². The van der Waals surface area contributed by atoms with Crippen LogP contribution in [0.25, 0.3) is 0 Å². The number of carbonyl (C=O) groups is 1. The van der Waals surface area contributed by atoms with E-state index in [1.807, 2.05) is 6.07 Å². The van der Waals surface area contributed by atoms with Gasteiger partial charge >= 0.3 is 0 Å². The normalized spacial score (nSPS) is 10.5. The number of carbonyl (C=O) groups excluding carboxylic acids is 1. The summed E-state index contributed by atoms with van der Waals surface area (Å²) < 4.78 is 0.807. The highest BCUT2D eigenvalue weighted by Gasteiger charge is 2.06. The first-order chi connectivity index (χ1) is 9.04. The number of hydrogen-bond donors (Lipinski definition) is 1. The van der Waals surface area contributed by atoms with Crippen molar-refractivity contribution in [2.45, 2.75) is 25.1 Å². The first-order valence-corrected chi connectivity index (χ1v) is 7.65. The number of thioether (sulfide) groups is 1. The van der Waals surface area contributed by atoms with Crippen LogP contribution < -0.4 is 5.32 Å². The molecule has 0 aliphatic carbocycles. The van der Waals surface area contributed by atoms with Crippen LogP contribution in [-0.4, -0.2) is 21.7 Å². The Hall–Kier alpha value is -1.40. The molecule has 0 aliphatic rings. The van der Waals surface area contributed by atoms with Gasteiger partial charge in [-0.15, -0.1) is 10.2 Å². The minimum Gasteiger partial charge on any atom is -0.330 e. The van der Waals surface area contributed by atoms with E-state index in [4.69, 9.17) is 0 Å². The Balaban J connectivity index is 2.02. The Kier molecular flexibility index (Phi) is 4.55. The number of aromatic nitrogens is 2. The standard InChI is InChI=1S/C13H15N3OS2/c1-8-4-5-11(6-9(8)2)14-12-15-16-13(19-12)18-7-10(3)17/h4-6H,7H2,1-3H3,(H,14,15). The molecular formula is C13H15N3OS2. The quantitative estimate of drug-likeness (QED) is 0.854. The number of nitrogens with zero attached hydrogens (tertiary/aromatic N) is 2. The zero-order valence-corrected chi connectivity index (χ0v) is 12.7. The third-order valence-corrected chi connectivity index (χ3v) is 4.68. The predicted molar refractivity (Wildman–Crippen MR) is 80.5 cm³/mol. The van der Waals surface area contributed by atoms with Crippen molar-refractivity contribution in [3.63, 3.8) is 0 Å². The topological polar surface area (TPSA) is 54.9 Å². The minimum atomic E-state index is 0.142. The molecule has 1 aromatic heterocycles. The molecule has 0 spiro atoms. The lowest BCUT2D eigenvalue weighted by Gasteiger charge is -2.05. The van der Waals surface area contributed by atoms with Crippen molar-refractivity contribution in [1.29, 1.82) is 0 Å². The molecule has 0 aliphatic heterocycles. The Morgan fingerprint density at radius 1 is 1.32 bits per heavy atom. The van der Waals surface area contributed by atoms with Gasteiger partial charge in [-0.3, -0.25) is 4.79 Å². The first-order valence-electron chi connectivity index (χ1n) is 5.84. The summed E-state index contributed by atoms with van der Waals surface area (Å²) in [5, 5.41) is 12.1. The number of benzene rings is 1. The SMILES string of the molecule is CC(=O)CSc1nnc(Nc2ccc(C)c(C)c2)s1. The van der Waals surface area contributed by atoms with Gasteiger partial charge in [0.25, 0.3) is 0 Å². The molecule has 1 heterocycles. The van der Waals surface area contributed by atoms with Crippen molar-refractivity contribution in [2.24, 2.45) is 0 Å². The molecule has 2 aromatic rings. The second-order valence-electron chi connectivity index (χ2n) is 4.29. The van der Waals surface area contributed by atoms with Crippen molar-refractivity contribution in [3.05, 3.63) is 29.3 Å². The lowest BCUT2D eigenvalue weighted by molar-refractivity contribution is -0.114. The fourth-order valence-electron chi connectivity index (χ4n) is 1.42. The lowest BCUT2D eigenvalue weighted by atomic mass is 10.1. The molecule has 6 heteroatoms. The van der Waals surface area contributed by atoms with E-state index in [9.17, 15) is 4.79 Å². The van der Waals surface area contributed by atoms with Gasteiger partial charge in [0.05, 0.1) is 5.75 Å². The number of hydrogen-bond acceptors (Lipinski definition) is 6. The molecule has 0 unspecified atom stereocenters. The largest absolute Gasteiger partial charge is 0.330 e. The van der Waals surface area contributed by atoms with Crippen molar-refractivity contribution in [3.8, 4) is 0 Å². The van der Waals surface area contributed by atoms with E-state index in [2.05, 4.69) is 41.5 Å². The highest BCUT2D eigenvalue weighted by Crippen LogP contribution is 2.28. The van der Waals surface area contributed by atoms with E-state index < -0.39 is 0 Å². The Morgan fingerprint density at radius 2 is 2.11 bits per heavy atom. The third kappa shape index (κ3) is 4.04. The Bertz CT molecular complexity index is 595. The molecule has 0 fully saturated rings. The summed E-state index contributed by atoms with van der Waals surface area (Å²) in [5.41, 5.74) is 3.50. The van der Waals surface area contributed by atoms with Crippen molar-refractivity contribution < 1.29 is 4.79 Å². The second-order valence-corrected chi connectivity index (χ2v) is 6.49. The molecule has 1 aromatic carbocycles. The van der Waals surface area contributed by atoms with Crippen LogP contribution in [0.1, 0.15) is 18.1 Å². The van der Waals surface area contributed by atoms with Crippen LogP contribution in [0, 0.1) is 13.8 Å². The van der Waals surface area contributed by atoms with Gasteiger partial charge in [0.2, 0.25) is 5.13 Å². The van der Waals surface area contributed by atoms with Crippen LogP contribution in [0.4, 0.5) is 10.8 Å². The molecule has 0 saturated heterocycles. The first kappa shape index (κ1) is 14.0. The van der Waals surface area contributed by atoms with Gasteiger partial charge < -0.3 is 5.32 Å². The van der Waals surface area contributed by atoms with E-state index in [0.717, 1.165) is 15.2 Å². The van der Waals surface area contributed by atoms with Crippen molar-refractivity contribution in [1.82, 2.24) is 10.2 Å². The van der Waals surface area contributed by atoms with Crippen LogP contribution in [0.3, 0.4) is 0 Å². The van der Waals surface area contributed by atoms with E-state index in [0.29, 0.717) is 5.75 Å². The van der Waals surface area contributed by atoms with Gasteiger partial charge in [-0.2, -0.15) is 0 Å². The predicted octanol–water partition coefficient (Wildman–Crippen LogP) is 3.58. The van der Waals surface area contributed by atoms with E-state index in [1.165, 1.54) is 34.2 Å². The molecule has 4 nitrogen and oxygen atoms in total. The average Bonchev–Trinajstić information content (AvgIpc) is 2.79. The molecule has 0 saturated carbocycles. The maximum absolute atomic E-state index is 10.9. The number of aryl methyl sites for hydroxylation is 2. The smallest absolute Gasteiger partial charge is 0.210 e. The fourth-order valence-corrected chi connectivity index (χ4v) is 3.00. The maximum atomic E-state index is 10.9. The molecule has 0 atom stereocenters. The van der Waals surface area contributed by atoms with Crippen LogP contribution >= 0.6 is 23.1 Å². The minimum absolute atomic E-state index is 0.142. The van der Waals surface area contributed by atoms with Gasteiger partial charge in [0.1, 0.15) is 5.78 Å².